The SMILES string of the molecule is O=C(C1CCN(Cc2cc3ccccc3n2Cc2ccccc2)CC1)N1CCCCC1. The van der Waals surface area contributed by atoms with Crippen molar-refractivity contribution in [2.45, 2.75) is 45.2 Å². The van der Waals surface area contributed by atoms with E-state index in [4.69, 9.17) is 0 Å². The molecule has 2 saturated heterocycles. The second kappa shape index (κ2) is 9.27. The van der Waals surface area contributed by atoms with Crippen molar-refractivity contribution < 1.29 is 4.79 Å². The van der Waals surface area contributed by atoms with Crippen LogP contribution in [-0.2, 0) is 17.9 Å². The summed E-state index contributed by atoms with van der Waals surface area (Å²) in [6, 6.07) is 21.8. The summed E-state index contributed by atoms with van der Waals surface area (Å²) < 4.78 is 2.47. The van der Waals surface area contributed by atoms with Gasteiger partial charge in [0.1, 0.15) is 0 Å². The molecule has 2 aliphatic rings. The van der Waals surface area contributed by atoms with E-state index in [1.807, 2.05) is 0 Å². The van der Waals surface area contributed by atoms with Crippen LogP contribution in [0, 0.1) is 5.92 Å². The number of nitrogens with zero attached hydrogens (tertiary/aromatic N) is 3. The van der Waals surface area contributed by atoms with Crippen molar-refractivity contribution in [3.8, 4) is 0 Å². The Morgan fingerprint density at radius 1 is 0.806 bits per heavy atom. The molecule has 4 nitrogen and oxygen atoms in total. The Bertz CT molecular complexity index is 1010. The second-order valence-electron chi connectivity index (χ2n) is 9.20. The first-order valence-electron chi connectivity index (χ1n) is 11.9. The number of carbonyl (C=O) groups excluding carboxylic acids is 1. The number of rotatable bonds is 5. The first-order chi connectivity index (χ1) is 15.3. The number of hydrogen-bond donors (Lipinski definition) is 0. The minimum atomic E-state index is 0.226. The minimum absolute atomic E-state index is 0.226. The van der Waals surface area contributed by atoms with Gasteiger partial charge in [0, 0.05) is 43.3 Å². The molecule has 0 radical (unpaired) electrons. The second-order valence-corrected chi connectivity index (χ2v) is 9.20. The first-order valence-corrected chi connectivity index (χ1v) is 11.9. The number of fused-ring (bicyclic) bond motifs is 1. The Balaban J connectivity index is 1.28. The molecule has 0 aliphatic carbocycles. The molecule has 1 aromatic heterocycles. The van der Waals surface area contributed by atoms with Gasteiger partial charge in [0.2, 0.25) is 5.91 Å². The standard InChI is InChI=1S/C27H33N3O/c31-27(29-15-7-2-8-16-29)23-13-17-28(18-14-23)21-25-19-24-11-5-6-12-26(24)30(25)20-22-9-3-1-4-10-22/h1,3-6,9-12,19,23H,2,7-8,13-18,20-21H2. The lowest BCUT2D eigenvalue weighted by Crippen LogP contribution is -2.44. The molecule has 5 rings (SSSR count). The van der Waals surface area contributed by atoms with E-state index < -0.39 is 0 Å². The average Bonchev–Trinajstić information content (AvgIpc) is 3.17. The largest absolute Gasteiger partial charge is 0.342 e. The van der Waals surface area contributed by atoms with Crippen molar-refractivity contribution in [3.63, 3.8) is 0 Å². The van der Waals surface area contributed by atoms with Crippen LogP contribution in [0.25, 0.3) is 10.9 Å². The van der Waals surface area contributed by atoms with Crippen LogP contribution in [-0.4, -0.2) is 46.5 Å². The van der Waals surface area contributed by atoms with E-state index >= 15 is 0 Å². The summed E-state index contributed by atoms with van der Waals surface area (Å²) in [7, 11) is 0. The predicted octanol–water partition coefficient (Wildman–Crippen LogP) is 4.91. The predicted molar refractivity (Wildman–Crippen MR) is 126 cm³/mol. The maximum absolute atomic E-state index is 12.9. The molecule has 0 saturated carbocycles. The van der Waals surface area contributed by atoms with Crippen molar-refractivity contribution in [2.75, 3.05) is 26.2 Å². The topological polar surface area (TPSA) is 28.5 Å². The van der Waals surface area contributed by atoms with Gasteiger partial charge >= 0.3 is 0 Å². The molecular formula is C27H33N3O. The van der Waals surface area contributed by atoms with Gasteiger partial charge in [-0.1, -0.05) is 48.5 Å². The van der Waals surface area contributed by atoms with Crippen LogP contribution in [0.2, 0.25) is 0 Å². The maximum Gasteiger partial charge on any atom is 0.225 e. The third-order valence-electron chi connectivity index (χ3n) is 7.07. The summed E-state index contributed by atoms with van der Waals surface area (Å²) >= 11 is 0. The van der Waals surface area contributed by atoms with Crippen LogP contribution in [0.3, 0.4) is 0 Å². The zero-order valence-electron chi connectivity index (χ0n) is 18.4. The first kappa shape index (κ1) is 20.3. The van der Waals surface area contributed by atoms with Crippen molar-refractivity contribution in [1.29, 1.82) is 0 Å². The third kappa shape index (κ3) is 4.54. The number of hydrogen-bond acceptors (Lipinski definition) is 2. The van der Waals surface area contributed by atoms with Crippen LogP contribution in [0.5, 0.6) is 0 Å². The molecule has 0 spiro atoms. The Kier molecular flexibility index (Phi) is 6.08. The van der Waals surface area contributed by atoms with Gasteiger partial charge in [0.25, 0.3) is 0 Å². The van der Waals surface area contributed by atoms with Crippen molar-refractivity contribution in [3.05, 3.63) is 71.9 Å². The number of aromatic nitrogens is 1. The van der Waals surface area contributed by atoms with Gasteiger partial charge in [0.15, 0.2) is 0 Å². The summed E-state index contributed by atoms with van der Waals surface area (Å²) in [6.07, 6.45) is 5.62. The fourth-order valence-corrected chi connectivity index (χ4v) is 5.29. The van der Waals surface area contributed by atoms with E-state index in [-0.39, 0.29) is 5.92 Å². The molecule has 2 aromatic carbocycles. The molecule has 3 aromatic rings. The molecule has 2 aliphatic heterocycles. The normalized spacial score (nSPS) is 18.5. The van der Waals surface area contributed by atoms with Crippen molar-refractivity contribution in [2.24, 2.45) is 5.92 Å². The maximum atomic E-state index is 12.9. The zero-order chi connectivity index (χ0) is 21.0. The summed E-state index contributed by atoms with van der Waals surface area (Å²) in [5.41, 5.74) is 4.00. The molecule has 0 bridgehead atoms. The van der Waals surface area contributed by atoms with Crippen LogP contribution in [0.15, 0.2) is 60.7 Å². The van der Waals surface area contributed by atoms with Gasteiger partial charge < -0.3 is 9.47 Å². The molecule has 4 heteroatoms. The van der Waals surface area contributed by atoms with Crippen molar-refractivity contribution in [1.82, 2.24) is 14.4 Å². The van der Waals surface area contributed by atoms with E-state index in [1.54, 1.807) is 0 Å². The number of likely N-dealkylation sites (tertiary alicyclic amines) is 2. The van der Waals surface area contributed by atoms with Crippen LogP contribution < -0.4 is 0 Å². The van der Waals surface area contributed by atoms with E-state index in [9.17, 15) is 4.79 Å². The number of para-hydroxylation sites is 1. The van der Waals surface area contributed by atoms with Crippen LogP contribution in [0.1, 0.15) is 43.4 Å². The Hall–Kier alpha value is -2.59. The molecule has 162 valence electrons. The van der Waals surface area contributed by atoms with Crippen LogP contribution >= 0.6 is 0 Å². The monoisotopic (exact) mass is 415 g/mol. The number of carbonyl (C=O) groups is 1. The molecule has 2 fully saturated rings. The minimum Gasteiger partial charge on any atom is -0.342 e. The fourth-order valence-electron chi connectivity index (χ4n) is 5.29. The quantitative estimate of drug-likeness (QED) is 0.592. The highest BCUT2D eigenvalue weighted by Gasteiger charge is 2.29. The zero-order valence-corrected chi connectivity index (χ0v) is 18.4. The molecule has 1 amide bonds. The average molecular weight is 416 g/mol. The smallest absolute Gasteiger partial charge is 0.225 e. The van der Waals surface area contributed by atoms with E-state index in [1.165, 1.54) is 41.4 Å². The number of benzene rings is 2. The lowest BCUT2D eigenvalue weighted by atomic mass is 9.94. The highest BCUT2D eigenvalue weighted by atomic mass is 16.2. The van der Waals surface area contributed by atoms with Gasteiger partial charge in [-0.05, 0) is 68.3 Å². The van der Waals surface area contributed by atoms with Gasteiger partial charge in [0.05, 0.1) is 0 Å². The summed E-state index contributed by atoms with van der Waals surface area (Å²) in [6.45, 7) is 5.81. The molecule has 0 N–H and O–H groups in total. The van der Waals surface area contributed by atoms with E-state index in [0.717, 1.165) is 52.1 Å². The Labute approximate surface area is 185 Å². The van der Waals surface area contributed by atoms with Gasteiger partial charge in [-0.15, -0.1) is 0 Å². The number of piperidine rings is 2. The highest BCUT2D eigenvalue weighted by molar-refractivity contribution is 5.81. The van der Waals surface area contributed by atoms with Crippen LogP contribution in [0.4, 0.5) is 0 Å². The summed E-state index contributed by atoms with van der Waals surface area (Å²) in [5, 5.41) is 1.31. The van der Waals surface area contributed by atoms with E-state index in [0.29, 0.717) is 5.91 Å². The molecule has 0 unspecified atom stereocenters. The third-order valence-corrected chi connectivity index (χ3v) is 7.07. The van der Waals surface area contributed by atoms with Gasteiger partial charge in [-0.2, -0.15) is 0 Å². The lowest BCUT2D eigenvalue weighted by molar-refractivity contribution is -0.138. The molecule has 0 atom stereocenters. The fraction of sp³-hybridized carbons (Fsp3) is 0.444. The lowest BCUT2D eigenvalue weighted by Gasteiger charge is -2.35. The molecular weight excluding hydrogens is 382 g/mol. The Morgan fingerprint density at radius 3 is 2.29 bits per heavy atom. The summed E-state index contributed by atoms with van der Waals surface area (Å²) in [4.78, 5) is 17.6. The highest BCUT2D eigenvalue weighted by Crippen LogP contribution is 2.26. The Morgan fingerprint density at radius 2 is 1.52 bits per heavy atom. The molecule has 3 heterocycles. The summed E-state index contributed by atoms with van der Waals surface area (Å²) in [5.74, 6) is 0.641. The number of amides is 1. The van der Waals surface area contributed by atoms with E-state index in [2.05, 4.69) is 75.0 Å². The van der Waals surface area contributed by atoms with Crippen molar-refractivity contribution >= 4 is 16.8 Å². The molecule has 31 heavy (non-hydrogen) atoms. The van der Waals surface area contributed by atoms with Gasteiger partial charge in [-0.3, -0.25) is 9.69 Å². The van der Waals surface area contributed by atoms with Gasteiger partial charge in [-0.25, -0.2) is 0 Å².